The van der Waals surface area contributed by atoms with Gasteiger partial charge in [0.15, 0.2) is 11.5 Å². The average Bonchev–Trinajstić information content (AvgIpc) is 3.13. The number of amidine groups is 1. The highest BCUT2D eigenvalue weighted by Gasteiger charge is 2.45. The molecule has 0 aliphatic carbocycles. The Kier molecular flexibility index (Phi) is 3.10. The summed E-state index contributed by atoms with van der Waals surface area (Å²) in [6, 6.07) is 0.318. The molecular weight excluding hydrogens is 312 g/mol. The smallest absolute Gasteiger partial charge is 0.219 e. The third-order valence-electron chi connectivity index (χ3n) is 4.30. The summed E-state index contributed by atoms with van der Waals surface area (Å²) in [5, 5.41) is 5.94. The van der Waals surface area contributed by atoms with Crippen molar-refractivity contribution in [2.45, 2.75) is 31.5 Å². The summed E-state index contributed by atoms with van der Waals surface area (Å²) in [6.45, 7) is 3.79. The lowest BCUT2D eigenvalue weighted by molar-refractivity contribution is 0.223. The topological polar surface area (TPSA) is 117 Å². The summed E-state index contributed by atoms with van der Waals surface area (Å²) in [6.07, 6.45) is 4.07. The van der Waals surface area contributed by atoms with Gasteiger partial charge in [0.05, 0.1) is 13.0 Å². The second-order valence-corrected chi connectivity index (χ2v) is 7.10. The first-order valence-electron chi connectivity index (χ1n) is 8.13. The van der Waals surface area contributed by atoms with E-state index in [0.717, 1.165) is 36.4 Å². The number of nitrogens with zero attached hydrogens (tertiary/aromatic N) is 4. The maximum atomic E-state index is 7.87. The number of aromatic nitrogens is 1. The fourth-order valence-electron chi connectivity index (χ4n) is 3.15. The monoisotopic (exact) mass is 333 g/mol. The third kappa shape index (κ3) is 2.32. The van der Waals surface area contributed by atoms with Crippen LogP contribution in [0.5, 0.6) is 0 Å². The Labute approximate surface area is 139 Å². The van der Waals surface area contributed by atoms with Crippen molar-refractivity contribution < 1.29 is 1.37 Å². The Morgan fingerprint density at radius 1 is 1.48 bits per heavy atom. The summed E-state index contributed by atoms with van der Waals surface area (Å²) in [7, 11) is 0. The van der Waals surface area contributed by atoms with E-state index < -0.39 is 5.66 Å². The first-order chi connectivity index (χ1) is 11.5. The molecule has 0 amide bonds. The number of rotatable bonds is 2. The summed E-state index contributed by atoms with van der Waals surface area (Å²) in [5.74, 6) is 0.836. The number of thiazole rings is 1. The van der Waals surface area contributed by atoms with Crippen molar-refractivity contribution in [2.75, 3.05) is 13.1 Å². The maximum Gasteiger partial charge on any atom is 0.219 e. The fraction of sp³-hybridized carbons (Fsp3) is 0.500. The molecule has 1 fully saturated rings. The van der Waals surface area contributed by atoms with Crippen molar-refractivity contribution in [2.24, 2.45) is 21.5 Å². The molecule has 0 aromatic carbocycles. The van der Waals surface area contributed by atoms with Crippen LogP contribution in [0.3, 0.4) is 0 Å². The minimum Gasteiger partial charge on any atom is -0.368 e. The molecule has 0 radical (unpaired) electrons. The molecule has 0 bridgehead atoms. The molecule has 23 heavy (non-hydrogen) atoms. The van der Waals surface area contributed by atoms with Crippen LogP contribution in [-0.2, 0) is 5.66 Å². The number of hydrazine groups is 1. The highest BCUT2D eigenvalue weighted by molar-refractivity contribution is 7.11. The number of hydrogen-bond acceptors (Lipinski definition) is 9. The Morgan fingerprint density at radius 2 is 2.26 bits per heavy atom. The standard InChI is InChI=1S/C14H20N8S/c1-8-6-18-12(23-8)14(16)10-7-19-22(9-2-4-17-5-3-9)11(10)20-13(15)21-14/h6-7,9,17,19H,2-5,16H2,1H3,(H2,15,21)/i6D. The molecule has 4 rings (SSSR count). The number of nitrogens with one attached hydrogen (secondary N) is 2. The van der Waals surface area contributed by atoms with Crippen LogP contribution < -0.4 is 22.2 Å². The number of guanidine groups is 1. The van der Waals surface area contributed by atoms with Gasteiger partial charge >= 0.3 is 0 Å². The van der Waals surface area contributed by atoms with E-state index in [1.165, 1.54) is 11.3 Å². The van der Waals surface area contributed by atoms with E-state index in [1.807, 2.05) is 18.1 Å². The molecule has 122 valence electrons. The van der Waals surface area contributed by atoms with Crippen LogP contribution in [0, 0.1) is 6.92 Å². The molecule has 1 aromatic heterocycles. The predicted molar refractivity (Wildman–Crippen MR) is 90.7 cm³/mol. The zero-order valence-electron chi connectivity index (χ0n) is 13.8. The molecule has 1 unspecified atom stereocenters. The van der Waals surface area contributed by atoms with E-state index in [0.29, 0.717) is 16.9 Å². The first-order valence-corrected chi connectivity index (χ1v) is 8.45. The fourth-order valence-corrected chi connectivity index (χ4v) is 3.93. The Morgan fingerprint density at radius 3 is 2.96 bits per heavy atom. The molecular formula is C14H20N8S. The normalized spacial score (nSPS) is 28.5. The van der Waals surface area contributed by atoms with Gasteiger partial charge in [-0.25, -0.2) is 9.98 Å². The number of piperidine rings is 1. The van der Waals surface area contributed by atoms with E-state index in [4.69, 9.17) is 12.8 Å². The van der Waals surface area contributed by atoms with Crippen LogP contribution in [-0.4, -0.2) is 40.9 Å². The molecule has 6 N–H and O–H groups in total. The van der Waals surface area contributed by atoms with Crippen LogP contribution in [0.1, 0.15) is 24.1 Å². The highest BCUT2D eigenvalue weighted by atomic mass is 32.1. The lowest BCUT2D eigenvalue weighted by Crippen LogP contribution is -2.52. The van der Waals surface area contributed by atoms with Crippen LogP contribution in [0.15, 0.2) is 27.9 Å². The summed E-state index contributed by atoms with van der Waals surface area (Å²) in [5.41, 5.74) is 15.4. The molecule has 9 heteroatoms. The van der Waals surface area contributed by atoms with Crippen molar-refractivity contribution in [1.82, 2.24) is 20.7 Å². The van der Waals surface area contributed by atoms with E-state index in [9.17, 15) is 0 Å². The SMILES string of the molecule is [2H]c1nc(C2(N)N=C(N)N=C3C2=CNN3C2CCNCC2)sc1C. The van der Waals surface area contributed by atoms with Gasteiger partial charge in [-0.3, -0.25) is 10.7 Å². The number of nitrogens with two attached hydrogens (primary N) is 2. The lowest BCUT2D eigenvalue weighted by atomic mass is 9.99. The zero-order valence-corrected chi connectivity index (χ0v) is 13.7. The van der Waals surface area contributed by atoms with Crippen molar-refractivity contribution >= 4 is 23.1 Å². The van der Waals surface area contributed by atoms with Crippen LogP contribution >= 0.6 is 11.3 Å². The Balaban J connectivity index is 1.71. The minimum absolute atomic E-state index is 0.131. The quantitative estimate of drug-likeness (QED) is 0.593. The second kappa shape index (κ2) is 5.29. The van der Waals surface area contributed by atoms with E-state index >= 15 is 0 Å². The van der Waals surface area contributed by atoms with Crippen LogP contribution in [0.4, 0.5) is 0 Å². The predicted octanol–water partition coefficient (Wildman–Crippen LogP) is -0.254. The average molecular weight is 333 g/mol. The highest BCUT2D eigenvalue weighted by Crippen LogP contribution is 2.37. The third-order valence-corrected chi connectivity index (χ3v) is 5.30. The van der Waals surface area contributed by atoms with E-state index in [1.54, 1.807) is 0 Å². The molecule has 8 nitrogen and oxygen atoms in total. The molecule has 1 saturated heterocycles. The number of aryl methyl sites for hydroxylation is 1. The maximum absolute atomic E-state index is 7.87. The Bertz CT molecular complexity index is 743. The van der Waals surface area contributed by atoms with Gasteiger partial charge in [-0.05, 0) is 32.9 Å². The van der Waals surface area contributed by atoms with Gasteiger partial charge < -0.3 is 16.5 Å². The van der Waals surface area contributed by atoms with Gasteiger partial charge in [-0.2, -0.15) is 4.99 Å². The van der Waals surface area contributed by atoms with Gasteiger partial charge in [-0.1, -0.05) is 0 Å². The zero-order chi connectivity index (χ0) is 16.9. The Hall–Kier alpha value is -1.97. The van der Waals surface area contributed by atoms with Gasteiger partial charge in [0.25, 0.3) is 0 Å². The molecule has 0 saturated carbocycles. The molecule has 0 spiro atoms. The molecule has 3 aliphatic rings. The summed E-state index contributed by atoms with van der Waals surface area (Å²) < 4.78 is 7.87. The van der Waals surface area contributed by atoms with Gasteiger partial charge in [0, 0.05) is 17.2 Å². The minimum atomic E-state index is -1.20. The molecule has 1 aromatic rings. The van der Waals surface area contributed by atoms with E-state index in [2.05, 4.69) is 25.7 Å². The second-order valence-electron chi connectivity index (χ2n) is 5.90. The van der Waals surface area contributed by atoms with E-state index in [-0.39, 0.29) is 12.1 Å². The summed E-state index contributed by atoms with van der Waals surface area (Å²) in [4.78, 5) is 13.9. The summed E-state index contributed by atoms with van der Waals surface area (Å²) >= 11 is 1.37. The van der Waals surface area contributed by atoms with Crippen LogP contribution in [0.2, 0.25) is 0 Å². The van der Waals surface area contributed by atoms with Gasteiger partial charge in [-0.15, -0.1) is 11.3 Å². The van der Waals surface area contributed by atoms with Crippen molar-refractivity contribution in [3.05, 3.63) is 27.8 Å². The number of fused-ring (bicyclic) bond motifs is 1. The van der Waals surface area contributed by atoms with Gasteiger partial charge in [0.1, 0.15) is 5.01 Å². The largest absolute Gasteiger partial charge is 0.368 e. The van der Waals surface area contributed by atoms with Crippen molar-refractivity contribution in [3.8, 4) is 0 Å². The molecule has 1 atom stereocenters. The lowest BCUT2D eigenvalue weighted by Gasteiger charge is -2.35. The van der Waals surface area contributed by atoms with Crippen molar-refractivity contribution in [1.29, 1.82) is 0 Å². The molecule has 3 aliphatic heterocycles. The number of hydrogen-bond donors (Lipinski definition) is 4. The first kappa shape index (κ1) is 13.5. The molecule has 4 heterocycles. The van der Waals surface area contributed by atoms with Gasteiger partial charge in [0.2, 0.25) is 5.96 Å². The number of aliphatic imine (C=N–C) groups is 2. The van der Waals surface area contributed by atoms with Crippen molar-refractivity contribution in [3.63, 3.8) is 0 Å². The van der Waals surface area contributed by atoms with Crippen LogP contribution in [0.25, 0.3) is 0 Å².